The summed E-state index contributed by atoms with van der Waals surface area (Å²) in [5.41, 5.74) is 0.712. The molecule has 1 aliphatic rings. The predicted molar refractivity (Wildman–Crippen MR) is 73.1 cm³/mol. The van der Waals surface area contributed by atoms with Gasteiger partial charge in [0, 0.05) is 13.6 Å². The zero-order chi connectivity index (χ0) is 13.9. The van der Waals surface area contributed by atoms with Crippen LogP contribution >= 0.6 is 0 Å². The fourth-order valence-corrected chi connectivity index (χ4v) is 2.19. The van der Waals surface area contributed by atoms with E-state index in [2.05, 4.69) is 0 Å². The maximum Gasteiger partial charge on any atom is 0.230 e. The fourth-order valence-electron chi connectivity index (χ4n) is 2.19. The summed E-state index contributed by atoms with van der Waals surface area (Å²) in [6, 6.07) is 7.87. The van der Waals surface area contributed by atoms with Gasteiger partial charge in [0.15, 0.2) is 0 Å². The molecule has 4 nitrogen and oxygen atoms in total. The van der Waals surface area contributed by atoms with Crippen LogP contribution in [0.25, 0.3) is 0 Å². The van der Waals surface area contributed by atoms with Crippen molar-refractivity contribution >= 4 is 5.91 Å². The molecule has 1 saturated carbocycles. The van der Waals surface area contributed by atoms with E-state index in [4.69, 9.17) is 4.74 Å². The van der Waals surface area contributed by atoms with Crippen LogP contribution in [0.3, 0.4) is 0 Å². The molecule has 19 heavy (non-hydrogen) atoms. The Bertz CT molecular complexity index is 437. The summed E-state index contributed by atoms with van der Waals surface area (Å²) >= 11 is 0. The van der Waals surface area contributed by atoms with Crippen molar-refractivity contribution in [2.75, 3.05) is 27.3 Å². The number of ether oxygens (including phenoxy) is 1. The Balaban J connectivity index is 1.86. The smallest absolute Gasteiger partial charge is 0.230 e. The zero-order valence-electron chi connectivity index (χ0n) is 11.6. The maximum absolute atomic E-state index is 12.1. The highest BCUT2D eigenvalue weighted by atomic mass is 16.5. The molecule has 0 atom stereocenters. The van der Waals surface area contributed by atoms with Gasteiger partial charge in [0.05, 0.1) is 19.1 Å². The Kier molecular flexibility index (Phi) is 4.10. The summed E-state index contributed by atoms with van der Waals surface area (Å²) in [4.78, 5) is 13.9. The number of aliphatic hydroxyl groups is 1. The third-order valence-corrected chi connectivity index (χ3v) is 3.85. The molecule has 0 radical (unpaired) electrons. The molecule has 1 aromatic carbocycles. The molecule has 1 N–H and O–H groups in total. The summed E-state index contributed by atoms with van der Waals surface area (Å²) in [6.45, 7) is 0.644. The Morgan fingerprint density at radius 1 is 1.37 bits per heavy atom. The summed E-state index contributed by atoms with van der Waals surface area (Å²) in [6.07, 6.45) is 2.44. The first-order chi connectivity index (χ1) is 9.11. The molecule has 1 fully saturated rings. The molecule has 1 aliphatic carbocycles. The van der Waals surface area contributed by atoms with Crippen LogP contribution in [-0.2, 0) is 11.2 Å². The van der Waals surface area contributed by atoms with Gasteiger partial charge in [-0.1, -0.05) is 12.1 Å². The lowest BCUT2D eigenvalue weighted by Crippen LogP contribution is -2.37. The molecule has 1 aromatic rings. The van der Waals surface area contributed by atoms with Crippen molar-refractivity contribution in [1.82, 2.24) is 4.90 Å². The fraction of sp³-hybridized carbons (Fsp3) is 0.533. The van der Waals surface area contributed by atoms with Crippen LogP contribution in [0, 0.1) is 5.41 Å². The van der Waals surface area contributed by atoms with Crippen molar-refractivity contribution in [1.29, 1.82) is 0 Å². The van der Waals surface area contributed by atoms with E-state index in [9.17, 15) is 9.90 Å². The topological polar surface area (TPSA) is 49.8 Å². The Labute approximate surface area is 114 Å². The average molecular weight is 263 g/mol. The highest BCUT2D eigenvalue weighted by molar-refractivity contribution is 5.85. The molecular weight excluding hydrogens is 242 g/mol. The van der Waals surface area contributed by atoms with E-state index >= 15 is 0 Å². The lowest BCUT2D eigenvalue weighted by molar-refractivity contribution is -0.137. The van der Waals surface area contributed by atoms with Crippen LogP contribution in [0.2, 0.25) is 0 Å². The molecule has 0 heterocycles. The van der Waals surface area contributed by atoms with Gasteiger partial charge in [0.25, 0.3) is 0 Å². The van der Waals surface area contributed by atoms with E-state index in [0.717, 1.165) is 25.0 Å². The van der Waals surface area contributed by atoms with E-state index in [1.165, 1.54) is 5.56 Å². The minimum atomic E-state index is -0.464. The van der Waals surface area contributed by atoms with Crippen LogP contribution in [0.1, 0.15) is 18.4 Å². The third-order valence-electron chi connectivity index (χ3n) is 3.85. The van der Waals surface area contributed by atoms with Crippen LogP contribution in [0.15, 0.2) is 24.3 Å². The minimum Gasteiger partial charge on any atom is -0.497 e. The van der Waals surface area contributed by atoms with Crippen molar-refractivity contribution in [2.24, 2.45) is 5.41 Å². The molecule has 2 rings (SSSR count). The summed E-state index contributed by atoms with van der Waals surface area (Å²) in [7, 11) is 3.45. The second kappa shape index (κ2) is 5.61. The van der Waals surface area contributed by atoms with E-state index < -0.39 is 5.41 Å². The molecule has 0 saturated heterocycles. The van der Waals surface area contributed by atoms with E-state index in [1.54, 1.807) is 12.0 Å². The maximum atomic E-state index is 12.1. The monoisotopic (exact) mass is 263 g/mol. The molecule has 0 unspecified atom stereocenters. The molecule has 4 heteroatoms. The number of likely N-dealkylation sites (N-methyl/N-ethyl adjacent to an activating group) is 1. The van der Waals surface area contributed by atoms with Crippen molar-refractivity contribution in [3.8, 4) is 5.75 Å². The van der Waals surface area contributed by atoms with Gasteiger partial charge in [-0.3, -0.25) is 4.79 Å². The number of aliphatic hydroxyl groups excluding tert-OH is 1. The highest BCUT2D eigenvalue weighted by Gasteiger charge is 2.50. The summed E-state index contributed by atoms with van der Waals surface area (Å²) in [5, 5.41) is 9.26. The van der Waals surface area contributed by atoms with E-state index in [1.807, 2.05) is 31.3 Å². The average Bonchev–Trinajstić information content (AvgIpc) is 3.25. The lowest BCUT2D eigenvalue weighted by atomic mass is 10.1. The lowest BCUT2D eigenvalue weighted by Gasteiger charge is -2.22. The number of benzene rings is 1. The van der Waals surface area contributed by atoms with E-state index in [-0.39, 0.29) is 12.5 Å². The van der Waals surface area contributed by atoms with Gasteiger partial charge in [0.2, 0.25) is 5.91 Å². The van der Waals surface area contributed by atoms with Crippen LogP contribution in [-0.4, -0.2) is 43.2 Å². The summed E-state index contributed by atoms with van der Waals surface area (Å²) < 4.78 is 5.11. The third kappa shape index (κ3) is 3.07. The molecule has 0 spiro atoms. The van der Waals surface area contributed by atoms with Crippen molar-refractivity contribution in [3.05, 3.63) is 29.8 Å². The normalized spacial score (nSPS) is 15.9. The van der Waals surface area contributed by atoms with Gasteiger partial charge in [-0.25, -0.2) is 0 Å². The minimum absolute atomic E-state index is 0.0291. The Morgan fingerprint density at radius 3 is 2.47 bits per heavy atom. The number of carbonyl (C=O) groups is 1. The first-order valence-electron chi connectivity index (χ1n) is 6.61. The molecule has 0 aliphatic heterocycles. The van der Waals surface area contributed by atoms with E-state index in [0.29, 0.717) is 6.54 Å². The molecular formula is C15H21NO3. The molecule has 0 aromatic heterocycles. The number of rotatable bonds is 6. The number of nitrogens with zero attached hydrogens (tertiary/aromatic N) is 1. The zero-order valence-corrected chi connectivity index (χ0v) is 11.6. The van der Waals surface area contributed by atoms with Crippen LogP contribution in [0.4, 0.5) is 0 Å². The highest BCUT2D eigenvalue weighted by Crippen LogP contribution is 2.46. The molecule has 1 amide bonds. The second-order valence-electron chi connectivity index (χ2n) is 5.26. The van der Waals surface area contributed by atoms with Gasteiger partial charge in [-0.05, 0) is 37.0 Å². The second-order valence-corrected chi connectivity index (χ2v) is 5.26. The van der Waals surface area contributed by atoms with Crippen LogP contribution < -0.4 is 4.74 Å². The number of carbonyl (C=O) groups excluding carboxylic acids is 1. The number of amides is 1. The van der Waals surface area contributed by atoms with Gasteiger partial charge in [-0.2, -0.15) is 0 Å². The number of methoxy groups -OCH3 is 1. The number of hydrogen-bond donors (Lipinski definition) is 1. The first kappa shape index (κ1) is 13.9. The van der Waals surface area contributed by atoms with Gasteiger partial charge < -0.3 is 14.7 Å². The first-order valence-corrected chi connectivity index (χ1v) is 6.61. The van der Waals surface area contributed by atoms with Gasteiger partial charge in [0.1, 0.15) is 5.75 Å². The Morgan fingerprint density at radius 2 is 2.00 bits per heavy atom. The van der Waals surface area contributed by atoms with Gasteiger partial charge >= 0.3 is 0 Å². The largest absolute Gasteiger partial charge is 0.497 e. The van der Waals surface area contributed by atoms with Crippen molar-refractivity contribution in [3.63, 3.8) is 0 Å². The quantitative estimate of drug-likeness (QED) is 0.845. The standard InChI is InChI=1S/C15H21NO3/c1-16(14(18)15(11-17)8-9-15)10-7-12-3-5-13(19-2)6-4-12/h3-6,17H,7-11H2,1-2H3. The van der Waals surface area contributed by atoms with Crippen LogP contribution in [0.5, 0.6) is 5.75 Å². The Hall–Kier alpha value is -1.55. The van der Waals surface area contributed by atoms with Crippen molar-refractivity contribution in [2.45, 2.75) is 19.3 Å². The SMILES string of the molecule is COc1ccc(CCN(C)C(=O)C2(CO)CC2)cc1. The predicted octanol–water partition coefficient (Wildman–Crippen LogP) is 1.47. The molecule has 0 bridgehead atoms. The van der Waals surface area contributed by atoms with Gasteiger partial charge in [-0.15, -0.1) is 0 Å². The van der Waals surface area contributed by atoms with Crippen molar-refractivity contribution < 1.29 is 14.6 Å². The molecule has 104 valence electrons. The number of hydrogen-bond acceptors (Lipinski definition) is 3. The summed E-state index contributed by atoms with van der Waals surface area (Å²) in [5.74, 6) is 0.911.